The summed E-state index contributed by atoms with van der Waals surface area (Å²) in [4.78, 5) is 0. The Hall–Kier alpha value is -1.02. The van der Waals surface area contributed by atoms with Crippen LogP contribution in [0.3, 0.4) is 0 Å². The minimum absolute atomic E-state index is 0.188. The van der Waals surface area contributed by atoms with Crippen molar-refractivity contribution in [1.82, 2.24) is 0 Å². The summed E-state index contributed by atoms with van der Waals surface area (Å²) in [6.45, 7) is 7.39. The standard InChI is InChI=1S/C22H33NO/c1-21(2,3)18-4-6-19(7-5-18)24-14-20(23)22-11-15-8-16(12-22)10-17(9-15)13-22/h4-7,15-17,20H,8-14,23H2,1-3H3. The molecule has 1 atom stereocenters. The van der Waals surface area contributed by atoms with E-state index in [0.29, 0.717) is 12.0 Å². The third-order valence-electron chi connectivity index (χ3n) is 7.02. The third-order valence-corrected chi connectivity index (χ3v) is 7.02. The fourth-order valence-electron chi connectivity index (χ4n) is 6.05. The first-order valence-corrected chi connectivity index (χ1v) is 9.83. The van der Waals surface area contributed by atoms with Crippen LogP contribution in [0.5, 0.6) is 5.75 Å². The van der Waals surface area contributed by atoms with Crippen LogP contribution < -0.4 is 10.5 Å². The fourth-order valence-corrected chi connectivity index (χ4v) is 6.05. The van der Waals surface area contributed by atoms with Crippen molar-refractivity contribution in [2.45, 2.75) is 70.8 Å². The molecule has 5 rings (SSSR count). The third kappa shape index (κ3) is 2.98. The molecule has 0 spiro atoms. The molecule has 4 fully saturated rings. The Balaban J connectivity index is 1.39. The van der Waals surface area contributed by atoms with Gasteiger partial charge in [-0.2, -0.15) is 0 Å². The van der Waals surface area contributed by atoms with Gasteiger partial charge in [0.1, 0.15) is 12.4 Å². The summed E-state index contributed by atoms with van der Waals surface area (Å²) >= 11 is 0. The average molecular weight is 328 g/mol. The zero-order valence-electron chi connectivity index (χ0n) is 15.6. The molecule has 1 unspecified atom stereocenters. The summed E-state index contributed by atoms with van der Waals surface area (Å²) in [7, 11) is 0. The van der Waals surface area contributed by atoms with Crippen LogP contribution in [0.15, 0.2) is 24.3 Å². The molecule has 1 aromatic rings. The Morgan fingerprint density at radius 2 is 1.50 bits per heavy atom. The Labute approximate surface area is 147 Å². The zero-order valence-corrected chi connectivity index (χ0v) is 15.6. The van der Waals surface area contributed by atoms with Crippen molar-refractivity contribution < 1.29 is 4.74 Å². The number of ether oxygens (including phenoxy) is 1. The van der Waals surface area contributed by atoms with Gasteiger partial charge in [0.25, 0.3) is 0 Å². The number of benzene rings is 1. The molecule has 2 nitrogen and oxygen atoms in total. The summed E-state index contributed by atoms with van der Waals surface area (Å²) in [6.07, 6.45) is 8.48. The zero-order chi connectivity index (χ0) is 16.9. The van der Waals surface area contributed by atoms with Crippen molar-refractivity contribution in [3.63, 3.8) is 0 Å². The van der Waals surface area contributed by atoms with E-state index < -0.39 is 0 Å². The predicted molar refractivity (Wildman–Crippen MR) is 99.2 cm³/mol. The van der Waals surface area contributed by atoms with Crippen LogP contribution in [0.1, 0.15) is 64.9 Å². The van der Waals surface area contributed by atoms with Gasteiger partial charge in [-0.3, -0.25) is 0 Å². The summed E-state index contributed by atoms with van der Waals surface area (Å²) in [5, 5.41) is 0. The molecule has 0 radical (unpaired) electrons. The molecule has 0 amide bonds. The van der Waals surface area contributed by atoms with Gasteiger partial charge >= 0.3 is 0 Å². The molecular weight excluding hydrogens is 294 g/mol. The molecule has 0 aromatic heterocycles. The van der Waals surface area contributed by atoms with Crippen LogP contribution >= 0.6 is 0 Å². The van der Waals surface area contributed by atoms with Crippen molar-refractivity contribution in [3.8, 4) is 5.75 Å². The van der Waals surface area contributed by atoms with Gasteiger partial charge < -0.3 is 10.5 Å². The molecule has 2 heteroatoms. The minimum Gasteiger partial charge on any atom is -0.492 e. The maximum atomic E-state index is 6.69. The first kappa shape index (κ1) is 16.4. The van der Waals surface area contributed by atoms with Crippen LogP contribution in [0.4, 0.5) is 0 Å². The maximum absolute atomic E-state index is 6.69. The average Bonchev–Trinajstić information content (AvgIpc) is 2.51. The molecule has 24 heavy (non-hydrogen) atoms. The van der Waals surface area contributed by atoms with Crippen LogP contribution in [0.2, 0.25) is 0 Å². The first-order valence-electron chi connectivity index (χ1n) is 9.83. The van der Waals surface area contributed by atoms with Gasteiger partial charge in [0.05, 0.1) is 0 Å². The molecular formula is C22H33NO. The summed E-state index contributed by atoms with van der Waals surface area (Å²) in [6, 6.07) is 8.77. The summed E-state index contributed by atoms with van der Waals surface area (Å²) in [5.41, 5.74) is 8.61. The number of hydrogen-bond acceptors (Lipinski definition) is 2. The lowest BCUT2D eigenvalue weighted by molar-refractivity contribution is -0.0730. The van der Waals surface area contributed by atoms with E-state index in [9.17, 15) is 0 Å². The first-order chi connectivity index (χ1) is 11.3. The van der Waals surface area contributed by atoms with E-state index in [1.807, 2.05) is 0 Å². The Bertz CT molecular complexity index is 548. The van der Waals surface area contributed by atoms with E-state index in [4.69, 9.17) is 10.5 Å². The topological polar surface area (TPSA) is 35.2 Å². The lowest BCUT2D eigenvalue weighted by Crippen LogP contribution is -2.56. The van der Waals surface area contributed by atoms with Gasteiger partial charge in [-0.05, 0) is 84.8 Å². The van der Waals surface area contributed by atoms with Crippen molar-refractivity contribution in [2.24, 2.45) is 28.9 Å². The molecule has 4 saturated carbocycles. The van der Waals surface area contributed by atoms with Gasteiger partial charge in [0.2, 0.25) is 0 Å². The van der Waals surface area contributed by atoms with E-state index in [-0.39, 0.29) is 11.5 Å². The monoisotopic (exact) mass is 327 g/mol. The van der Waals surface area contributed by atoms with Crippen LogP contribution in [0.25, 0.3) is 0 Å². The highest BCUT2D eigenvalue weighted by Gasteiger charge is 2.53. The van der Waals surface area contributed by atoms with Gasteiger partial charge in [0, 0.05) is 6.04 Å². The van der Waals surface area contributed by atoms with Crippen molar-refractivity contribution in [3.05, 3.63) is 29.8 Å². The van der Waals surface area contributed by atoms with Crippen molar-refractivity contribution in [1.29, 1.82) is 0 Å². The van der Waals surface area contributed by atoms with Gasteiger partial charge in [-0.25, -0.2) is 0 Å². The minimum atomic E-state index is 0.188. The normalized spacial score (nSPS) is 35.9. The lowest BCUT2D eigenvalue weighted by Gasteiger charge is -2.58. The van der Waals surface area contributed by atoms with Crippen LogP contribution in [-0.2, 0) is 5.41 Å². The van der Waals surface area contributed by atoms with E-state index in [1.54, 1.807) is 0 Å². The number of rotatable bonds is 4. The van der Waals surface area contributed by atoms with Crippen LogP contribution in [0, 0.1) is 23.2 Å². The van der Waals surface area contributed by atoms with Crippen LogP contribution in [-0.4, -0.2) is 12.6 Å². The van der Waals surface area contributed by atoms with E-state index in [1.165, 1.54) is 44.1 Å². The number of hydrogen-bond donors (Lipinski definition) is 1. The fraction of sp³-hybridized carbons (Fsp3) is 0.727. The Kier molecular flexibility index (Phi) is 3.95. The second kappa shape index (κ2) is 5.76. The number of nitrogens with two attached hydrogens (primary N) is 1. The van der Waals surface area contributed by atoms with E-state index >= 15 is 0 Å². The Morgan fingerprint density at radius 1 is 1.00 bits per heavy atom. The van der Waals surface area contributed by atoms with Gasteiger partial charge in [0.15, 0.2) is 0 Å². The highest BCUT2D eigenvalue weighted by molar-refractivity contribution is 5.31. The Morgan fingerprint density at radius 3 is 1.96 bits per heavy atom. The second-order valence-corrected chi connectivity index (χ2v) is 9.97. The quantitative estimate of drug-likeness (QED) is 0.853. The molecule has 2 N–H and O–H groups in total. The molecule has 0 saturated heterocycles. The molecule has 4 aliphatic rings. The highest BCUT2D eigenvalue weighted by atomic mass is 16.5. The SMILES string of the molecule is CC(C)(C)c1ccc(OCC(N)C23CC4CC(CC(C4)C2)C3)cc1. The summed E-state index contributed by atoms with van der Waals surface area (Å²) < 4.78 is 6.10. The smallest absolute Gasteiger partial charge is 0.119 e. The van der Waals surface area contributed by atoms with E-state index in [2.05, 4.69) is 45.0 Å². The largest absolute Gasteiger partial charge is 0.492 e. The molecule has 4 bridgehead atoms. The van der Waals surface area contributed by atoms with E-state index in [0.717, 1.165) is 23.5 Å². The molecule has 132 valence electrons. The lowest BCUT2D eigenvalue weighted by atomic mass is 9.48. The summed E-state index contributed by atoms with van der Waals surface area (Å²) in [5.74, 6) is 3.82. The maximum Gasteiger partial charge on any atom is 0.119 e. The predicted octanol–water partition coefficient (Wildman–Crippen LogP) is 4.91. The second-order valence-electron chi connectivity index (χ2n) is 9.97. The molecule has 0 heterocycles. The van der Waals surface area contributed by atoms with Gasteiger partial charge in [-0.15, -0.1) is 0 Å². The van der Waals surface area contributed by atoms with Crippen molar-refractivity contribution in [2.75, 3.05) is 6.61 Å². The van der Waals surface area contributed by atoms with Gasteiger partial charge in [-0.1, -0.05) is 32.9 Å². The molecule has 1 aromatic carbocycles. The molecule has 4 aliphatic carbocycles. The highest BCUT2D eigenvalue weighted by Crippen LogP contribution is 2.60. The van der Waals surface area contributed by atoms with Crippen molar-refractivity contribution >= 4 is 0 Å². The molecule has 0 aliphatic heterocycles.